The topological polar surface area (TPSA) is 29.5 Å². The normalized spacial score (nSPS) is 17.6. The summed E-state index contributed by atoms with van der Waals surface area (Å²) in [6.45, 7) is 0.579. The van der Waals surface area contributed by atoms with E-state index in [-0.39, 0.29) is 6.42 Å². The summed E-state index contributed by atoms with van der Waals surface area (Å²) in [6, 6.07) is 4.82. The molecule has 1 aliphatic heterocycles. The van der Waals surface area contributed by atoms with Crippen molar-refractivity contribution in [2.75, 3.05) is 6.61 Å². The number of aliphatic hydroxyl groups excluding tert-OH is 1. The minimum atomic E-state index is -4.33. The maximum atomic E-state index is 12.4. The molecule has 1 aromatic rings. The highest BCUT2D eigenvalue weighted by Crippen LogP contribution is 2.29. The molecule has 0 radical (unpaired) electrons. The van der Waals surface area contributed by atoms with Crippen molar-refractivity contribution in [2.24, 2.45) is 0 Å². The Hall–Kier alpha value is -1.49. The molecule has 0 aliphatic carbocycles. The van der Waals surface area contributed by atoms with Crippen molar-refractivity contribution in [3.8, 4) is 0 Å². The fraction of sp³-hybridized carbons (Fsp3) is 0.429. The lowest BCUT2D eigenvalue weighted by Crippen LogP contribution is -2.18. The van der Waals surface area contributed by atoms with Gasteiger partial charge in [0, 0.05) is 6.42 Å². The Morgan fingerprint density at radius 1 is 1.21 bits per heavy atom. The van der Waals surface area contributed by atoms with Crippen molar-refractivity contribution in [1.82, 2.24) is 0 Å². The quantitative estimate of drug-likeness (QED) is 0.914. The van der Waals surface area contributed by atoms with Crippen LogP contribution >= 0.6 is 0 Å². The predicted octanol–water partition coefficient (Wildman–Crippen LogP) is 3.30. The first-order valence-corrected chi connectivity index (χ1v) is 6.14. The van der Waals surface area contributed by atoms with Gasteiger partial charge >= 0.3 is 6.18 Å². The monoisotopic (exact) mass is 272 g/mol. The third kappa shape index (κ3) is 3.73. The number of aliphatic hydroxyl groups is 1. The van der Waals surface area contributed by atoms with Crippen molar-refractivity contribution in [2.45, 2.75) is 31.5 Å². The number of halogens is 3. The summed E-state index contributed by atoms with van der Waals surface area (Å²) >= 11 is 0. The van der Waals surface area contributed by atoms with Gasteiger partial charge in [-0.25, -0.2) is 0 Å². The Balaban J connectivity index is 2.01. The number of hydrogen-bond donors (Lipinski definition) is 1. The van der Waals surface area contributed by atoms with Crippen LogP contribution in [-0.4, -0.2) is 17.8 Å². The van der Waals surface area contributed by atoms with E-state index >= 15 is 0 Å². The average Bonchev–Trinajstić information content (AvgIpc) is 2.39. The van der Waals surface area contributed by atoms with Gasteiger partial charge in [-0.2, -0.15) is 13.2 Å². The number of alkyl halides is 3. The lowest BCUT2D eigenvalue weighted by atomic mass is 10.0. The fourth-order valence-electron chi connectivity index (χ4n) is 1.96. The molecule has 1 N–H and O–H groups in total. The van der Waals surface area contributed by atoms with Crippen LogP contribution in [0.5, 0.6) is 0 Å². The molecule has 0 saturated heterocycles. The zero-order chi connectivity index (χ0) is 13.9. The van der Waals surface area contributed by atoms with E-state index in [0.29, 0.717) is 17.9 Å². The minimum absolute atomic E-state index is 0.254. The van der Waals surface area contributed by atoms with Crippen LogP contribution in [0.3, 0.4) is 0 Å². The third-order valence-electron chi connectivity index (χ3n) is 3.00. The second-order valence-corrected chi connectivity index (χ2v) is 4.51. The van der Waals surface area contributed by atoms with Gasteiger partial charge in [-0.1, -0.05) is 12.1 Å². The fourth-order valence-corrected chi connectivity index (χ4v) is 1.96. The summed E-state index contributed by atoms with van der Waals surface area (Å²) < 4.78 is 42.5. The smallest absolute Gasteiger partial charge is 0.416 e. The molecule has 0 fully saturated rings. The van der Waals surface area contributed by atoms with Crippen LogP contribution in [0.4, 0.5) is 13.2 Å². The van der Waals surface area contributed by atoms with E-state index in [1.807, 2.05) is 6.08 Å². The average molecular weight is 272 g/mol. The maximum absolute atomic E-state index is 12.4. The number of allylic oxidation sites excluding steroid dienone is 1. The first kappa shape index (κ1) is 13.9. The number of benzene rings is 1. The van der Waals surface area contributed by atoms with Crippen molar-refractivity contribution in [1.29, 1.82) is 0 Å². The molecule has 19 heavy (non-hydrogen) atoms. The number of hydrogen-bond acceptors (Lipinski definition) is 2. The molecule has 1 unspecified atom stereocenters. The van der Waals surface area contributed by atoms with Crippen LogP contribution in [0, 0.1) is 0 Å². The van der Waals surface area contributed by atoms with Crippen LogP contribution < -0.4 is 0 Å². The molecular weight excluding hydrogens is 257 g/mol. The summed E-state index contributed by atoms with van der Waals surface area (Å²) in [7, 11) is 0. The molecule has 104 valence electrons. The van der Waals surface area contributed by atoms with Gasteiger partial charge < -0.3 is 9.84 Å². The van der Waals surface area contributed by atoms with Crippen molar-refractivity contribution < 1.29 is 23.0 Å². The Bertz CT molecular complexity index is 449. The molecule has 0 saturated carbocycles. The van der Waals surface area contributed by atoms with Crippen LogP contribution in [0.15, 0.2) is 36.1 Å². The zero-order valence-corrected chi connectivity index (χ0v) is 10.3. The summed E-state index contributed by atoms with van der Waals surface area (Å²) in [5.41, 5.74) is -0.0329. The molecule has 0 spiro atoms. The molecule has 1 heterocycles. The minimum Gasteiger partial charge on any atom is -0.495 e. The van der Waals surface area contributed by atoms with Gasteiger partial charge in [0.05, 0.1) is 12.2 Å². The van der Waals surface area contributed by atoms with Crippen LogP contribution in [0.1, 0.15) is 24.0 Å². The Kier molecular flexibility index (Phi) is 4.14. The summed E-state index contributed by atoms with van der Waals surface area (Å²) in [5, 5.41) is 9.94. The van der Waals surface area contributed by atoms with E-state index in [1.165, 1.54) is 12.1 Å². The van der Waals surface area contributed by atoms with Crippen LogP contribution in [-0.2, 0) is 17.3 Å². The molecule has 1 atom stereocenters. The predicted molar refractivity (Wildman–Crippen MR) is 64.4 cm³/mol. The molecule has 1 aromatic carbocycles. The van der Waals surface area contributed by atoms with Crippen molar-refractivity contribution >= 4 is 0 Å². The van der Waals surface area contributed by atoms with Gasteiger partial charge in [-0.3, -0.25) is 0 Å². The highest BCUT2D eigenvalue weighted by molar-refractivity contribution is 5.26. The summed E-state index contributed by atoms with van der Waals surface area (Å²) in [6.07, 6.45) is -1.25. The van der Waals surface area contributed by atoms with Gasteiger partial charge in [0.25, 0.3) is 0 Å². The SMILES string of the molecule is OC(Cc1ccc(C(F)(F)F)cc1)C1=CCCCO1. The number of ether oxygens (including phenoxy) is 1. The second kappa shape index (κ2) is 5.65. The highest BCUT2D eigenvalue weighted by atomic mass is 19.4. The molecule has 0 amide bonds. The molecule has 0 aromatic heterocycles. The van der Waals surface area contributed by atoms with E-state index in [1.54, 1.807) is 0 Å². The lowest BCUT2D eigenvalue weighted by Gasteiger charge is -2.20. The Morgan fingerprint density at radius 3 is 2.42 bits per heavy atom. The lowest BCUT2D eigenvalue weighted by molar-refractivity contribution is -0.137. The largest absolute Gasteiger partial charge is 0.495 e. The van der Waals surface area contributed by atoms with Crippen LogP contribution in [0.2, 0.25) is 0 Å². The van der Waals surface area contributed by atoms with Gasteiger partial charge in [-0.15, -0.1) is 0 Å². The van der Waals surface area contributed by atoms with Gasteiger partial charge in [0.15, 0.2) is 0 Å². The zero-order valence-electron chi connectivity index (χ0n) is 10.3. The Morgan fingerprint density at radius 2 is 1.89 bits per heavy atom. The maximum Gasteiger partial charge on any atom is 0.416 e. The molecule has 2 rings (SSSR count). The van der Waals surface area contributed by atoms with E-state index in [4.69, 9.17) is 4.74 Å². The first-order chi connectivity index (χ1) is 8.97. The third-order valence-corrected chi connectivity index (χ3v) is 3.00. The number of rotatable bonds is 3. The second-order valence-electron chi connectivity index (χ2n) is 4.51. The van der Waals surface area contributed by atoms with Crippen LogP contribution in [0.25, 0.3) is 0 Å². The molecule has 5 heteroatoms. The van der Waals surface area contributed by atoms with Gasteiger partial charge in [0.1, 0.15) is 11.9 Å². The van der Waals surface area contributed by atoms with E-state index in [0.717, 1.165) is 25.0 Å². The summed E-state index contributed by atoms with van der Waals surface area (Å²) in [5.74, 6) is 0.520. The Labute approximate surface area is 109 Å². The van der Waals surface area contributed by atoms with E-state index in [9.17, 15) is 18.3 Å². The highest BCUT2D eigenvalue weighted by Gasteiger charge is 2.30. The standard InChI is InChI=1S/C14H15F3O2/c15-14(16,17)11-6-4-10(5-7-11)9-12(18)13-3-1-2-8-19-13/h3-7,12,18H,1-2,8-9H2. The molecule has 1 aliphatic rings. The first-order valence-electron chi connectivity index (χ1n) is 6.14. The summed E-state index contributed by atoms with van der Waals surface area (Å²) in [4.78, 5) is 0. The van der Waals surface area contributed by atoms with Crippen molar-refractivity contribution in [3.05, 3.63) is 47.2 Å². The van der Waals surface area contributed by atoms with E-state index < -0.39 is 17.8 Å². The van der Waals surface area contributed by atoms with Gasteiger partial charge in [-0.05, 0) is 36.6 Å². The van der Waals surface area contributed by atoms with Gasteiger partial charge in [0.2, 0.25) is 0 Å². The van der Waals surface area contributed by atoms with Crippen molar-refractivity contribution in [3.63, 3.8) is 0 Å². The molecular formula is C14H15F3O2. The molecule has 2 nitrogen and oxygen atoms in total. The van der Waals surface area contributed by atoms with E-state index in [2.05, 4.69) is 0 Å². The molecule has 0 bridgehead atoms.